The quantitative estimate of drug-likeness (QED) is 0.336. The zero-order valence-electron chi connectivity index (χ0n) is 20.3. The molecule has 2 aliphatic rings. The number of amides is 2. The van der Waals surface area contributed by atoms with Gasteiger partial charge in [-0.25, -0.2) is 0 Å². The minimum Gasteiger partial charge on any atom is -0.457 e. The molecule has 4 aromatic rings. The van der Waals surface area contributed by atoms with E-state index in [-0.39, 0.29) is 5.92 Å². The van der Waals surface area contributed by atoms with Crippen molar-refractivity contribution in [3.63, 3.8) is 0 Å². The summed E-state index contributed by atoms with van der Waals surface area (Å²) in [7, 11) is 0. The van der Waals surface area contributed by atoms with Crippen molar-refractivity contribution in [2.45, 2.75) is 31.2 Å². The molecule has 5 N–H and O–H groups in total. The summed E-state index contributed by atoms with van der Waals surface area (Å²) in [5, 5.41) is 8.90. The van der Waals surface area contributed by atoms with Gasteiger partial charge in [0.2, 0.25) is 11.8 Å². The van der Waals surface area contributed by atoms with Gasteiger partial charge >= 0.3 is 0 Å². The molecule has 2 fully saturated rings. The Labute approximate surface area is 213 Å². The molecule has 9 nitrogen and oxygen atoms in total. The second-order valence-electron chi connectivity index (χ2n) is 9.86. The molecule has 1 unspecified atom stereocenters. The molecule has 1 saturated carbocycles. The molecule has 2 aromatic carbocycles. The molecule has 0 bridgehead atoms. The van der Waals surface area contributed by atoms with Crippen LogP contribution < -0.4 is 21.5 Å². The van der Waals surface area contributed by atoms with Crippen molar-refractivity contribution in [1.29, 1.82) is 0 Å². The highest BCUT2D eigenvalue weighted by atomic mass is 16.5. The van der Waals surface area contributed by atoms with Crippen LogP contribution in [-0.4, -0.2) is 39.7 Å². The number of aromatic nitrogens is 3. The lowest BCUT2D eigenvalue weighted by atomic mass is 9.97. The first-order valence-electron chi connectivity index (χ1n) is 12.5. The maximum absolute atomic E-state index is 11.8. The summed E-state index contributed by atoms with van der Waals surface area (Å²) in [5.41, 5.74) is 13.4. The maximum Gasteiger partial charge on any atom is 0.233 e. The van der Waals surface area contributed by atoms with Crippen molar-refractivity contribution >= 4 is 22.7 Å². The second kappa shape index (κ2) is 9.01. The third kappa shape index (κ3) is 4.11. The summed E-state index contributed by atoms with van der Waals surface area (Å²) in [6.07, 6.45) is 8.26. The SMILES string of the molecule is NC(=O)C1(C(N)=O)CC1c1ccc(Oc2ccnc3cc(-c4cnn(C5CCNCC5)c4)ccc23)cc1. The van der Waals surface area contributed by atoms with Gasteiger partial charge in [-0.1, -0.05) is 18.2 Å². The standard InChI is InChI=1S/C28H28N6O3/c29-26(35)28(27(30)36)14-23(28)17-1-4-21(5-2-17)37-25-9-12-32-24-13-18(3-6-22(24)25)19-15-33-34(16-19)20-7-10-31-11-8-20/h1-6,9,12-13,15-16,20,23,31H,7-8,10-11,14H2,(H2,29,35)(H2,30,36). The van der Waals surface area contributed by atoms with Gasteiger partial charge in [-0.05, 0) is 73.8 Å². The number of carbonyl (C=O) groups is 2. The Morgan fingerprint density at radius 2 is 1.76 bits per heavy atom. The molecule has 2 aromatic heterocycles. The van der Waals surface area contributed by atoms with Crippen molar-refractivity contribution in [1.82, 2.24) is 20.1 Å². The van der Waals surface area contributed by atoms with Crippen molar-refractivity contribution in [3.05, 3.63) is 72.7 Å². The number of nitrogens with two attached hydrogens (primary N) is 2. The van der Waals surface area contributed by atoms with Crippen LogP contribution in [0, 0.1) is 5.41 Å². The minimum atomic E-state index is -1.29. The van der Waals surface area contributed by atoms with Gasteiger partial charge < -0.3 is 21.5 Å². The van der Waals surface area contributed by atoms with Gasteiger partial charge in [0, 0.05) is 29.3 Å². The molecule has 6 rings (SSSR count). The number of carbonyl (C=O) groups excluding carboxylic acids is 2. The Morgan fingerprint density at radius 3 is 2.46 bits per heavy atom. The predicted octanol–water partition coefficient (Wildman–Crippen LogP) is 3.26. The van der Waals surface area contributed by atoms with Gasteiger partial charge in [-0.3, -0.25) is 19.3 Å². The smallest absolute Gasteiger partial charge is 0.233 e. The molecular weight excluding hydrogens is 468 g/mol. The van der Waals surface area contributed by atoms with E-state index in [0.717, 1.165) is 53.5 Å². The average molecular weight is 497 g/mol. The van der Waals surface area contributed by atoms with E-state index in [1.54, 1.807) is 6.20 Å². The predicted molar refractivity (Wildman–Crippen MR) is 139 cm³/mol. The number of ether oxygens (including phenoxy) is 1. The van der Waals surface area contributed by atoms with E-state index < -0.39 is 17.2 Å². The summed E-state index contributed by atoms with van der Waals surface area (Å²) in [5.74, 6) is -0.327. The lowest BCUT2D eigenvalue weighted by Crippen LogP contribution is -2.38. The van der Waals surface area contributed by atoms with Gasteiger partial charge in [0.1, 0.15) is 16.9 Å². The van der Waals surface area contributed by atoms with Crippen LogP contribution in [0.1, 0.15) is 36.8 Å². The number of primary amides is 2. The van der Waals surface area contributed by atoms with Crippen LogP contribution in [0.4, 0.5) is 0 Å². The van der Waals surface area contributed by atoms with E-state index in [2.05, 4.69) is 38.4 Å². The molecule has 9 heteroatoms. The van der Waals surface area contributed by atoms with Gasteiger partial charge in [-0.15, -0.1) is 0 Å². The number of nitrogens with zero attached hydrogens (tertiary/aromatic N) is 3. The van der Waals surface area contributed by atoms with Crippen LogP contribution in [0.15, 0.2) is 67.1 Å². The Morgan fingerprint density at radius 1 is 1.00 bits per heavy atom. The fraction of sp³-hybridized carbons (Fsp3) is 0.286. The maximum atomic E-state index is 11.8. The number of fused-ring (bicyclic) bond motifs is 1. The fourth-order valence-electron chi connectivity index (χ4n) is 5.38. The third-order valence-corrected chi connectivity index (χ3v) is 7.67. The summed E-state index contributed by atoms with van der Waals surface area (Å²) in [6.45, 7) is 2.04. The van der Waals surface area contributed by atoms with Gasteiger partial charge in [0.05, 0.1) is 17.8 Å². The van der Waals surface area contributed by atoms with Crippen LogP contribution in [0.2, 0.25) is 0 Å². The van der Waals surface area contributed by atoms with E-state index in [1.807, 2.05) is 42.6 Å². The number of hydrogen-bond acceptors (Lipinski definition) is 6. The number of hydrogen-bond donors (Lipinski definition) is 3. The lowest BCUT2D eigenvalue weighted by Gasteiger charge is -2.22. The van der Waals surface area contributed by atoms with E-state index in [9.17, 15) is 9.59 Å². The highest BCUT2D eigenvalue weighted by Crippen LogP contribution is 2.59. The highest BCUT2D eigenvalue weighted by molar-refractivity contribution is 6.08. The number of pyridine rings is 1. The first-order chi connectivity index (χ1) is 18.0. The van der Waals surface area contributed by atoms with E-state index in [0.29, 0.717) is 24.0 Å². The van der Waals surface area contributed by atoms with Crippen LogP contribution in [0.3, 0.4) is 0 Å². The molecule has 2 amide bonds. The van der Waals surface area contributed by atoms with Crippen molar-refractivity contribution in [2.24, 2.45) is 16.9 Å². The number of nitrogens with one attached hydrogen (secondary N) is 1. The van der Waals surface area contributed by atoms with Crippen molar-refractivity contribution < 1.29 is 14.3 Å². The topological polar surface area (TPSA) is 138 Å². The second-order valence-corrected chi connectivity index (χ2v) is 9.86. The van der Waals surface area contributed by atoms with Crippen LogP contribution >= 0.6 is 0 Å². The van der Waals surface area contributed by atoms with Crippen LogP contribution in [0.25, 0.3) is 22.0 Å². The Kier molecular flexibility index (Phi) is 5.64. The van der Waals surface area contributed by atoms with Crippen LogP contribution in [-0.2, 0) is 9.59 Å². The molecule has 1 saturated heterocycles. The molecule has 0 spiro atoms. The molecule has 1 atom stereocenters. The van der Waals surface area contributed by atoms with Gasteiger partial charge in [0.15, 0.2) is 0 Å². The van der Waals surface area contributed by atoms with Crippen molar-refractivity contribution in [2.75, 3.05) is 13.1 Å². The minimum absolute atomic E-state index is 0.295. The normalized spacial score (nSPS) is 19.0. The molecule has 3 heterocycles. The number of benzene rings is 2. The van der Waals surface area contributed by atoms with E-state index in [1.165, 1.54) is 0 Å². The number of piperidine rings is 1. The lowest BCUT2D eigenvalue weighted by molar-refractivity contribution is -0.133. The molecule has 1 aliphatic carbocycles. The average Bonchev–Trinajstić information content (AvgIpc) is 3.51. The van der Waals surface area contributed by atoms with Gasteiger partial charge in [-0.2, -0.15) is 5.10 Å². The summed E-state index contributed by atoms with van der Waals surface area (Å²) >= 11 is 0. The Bertz CT molecular complexity index is 1480. The molecular formula is C28H28N6O3. The van der Waals surface area contributed by atoms with Crippen LogP contribution in [0.5, 0.6) is 11.5 Å². The molecule has 0 radical (unpaired) electrons. The Hall–Kier alpha value is -4.24. The molecule has 37 heavy (non-hydrogen) atoms. The Balaban J connectivity index is 1.21. The zero-order chi connectivity index (χ0) is 25.6. The van der Waals surface area contributed by atoms with Crippen molar-refractivity contribution in [3.8, 4) is 22.6 Å². The van der Waals surface area contributed by atoms with E-state index >= 15 is 0 Å². The first kappa shape index (κ1) is 23.2. The fourth-order valence-corrected chi connectivity index (χ4v) is 5.38. The molecule has 1 aliphatic heterocycles. The summed E-state index contributed by atoms with van der Waals surface area (Å²) in [6, 6.07) is 15.7. The molecule has 188 valence electrons. The first-order valence-corrected chi connectivity index (χ1v) is 12.5. The largest absolute Gasteiger partial charge is 0.457 e. The third-order valence-electron chi connectivity index (χ3n) is 7.67. The summed E-state index contributed by atoms with van der Waals surface area (Å²) < 4.78 is 8.26. The van der Waals surface area contributed by atoms with Gasteiger partial charge in [0.25, 0.3) is 0 Å². The summed E-state index contributed by atoms with van der Waals surface area (Å²) in [4.78, 5) is 28.2. The zero-order valence-corrected chi connectivity index (χ0v) is 20.3. The monoisotopic (exact) mass is 496 g/mol. The van der Waals surface area contributed by atoms with E-state index in [4.69, 9.17) is 16.2 Å². The number of rotatable bonds is 7. The highest BCUT2D eigenvalue weighted by Gasteiger charge is 2.64.